The minimum Gasteiger partial charge on any atom is -0.443 e. The SMILES string of the molecule is CC(C)(C)OC(=O)n1ccc(-c2nccc(N3CCOCC3)n2)c1. The quantitative estimate of drug-likeness (QED) is 0.843. The molecule has 7 nitrogen and oxygen atoms in total. The summed E-state index contributed by atoms with van der Waals surface area (Å²) in [5, 5.41) is 0. The van der Waals surface area contributed by atoms with Crippen molar-refractivity contribution in [3.63, 3.8) is 0 Å². The van der Waals surface area contributed by atoms with Crippen molar-refractivity contribution in [2.24, 2.45) is 0 Å². The number of morpholine rings is 1. The van der Waals surface area contributed by atoms with Gasteiger partial charge in [-0.2, -0.15) is 0 Å². The van der Waals surface area contributed by atoms with E-state index < -0.39 is 11.7 Å². The first-order chi connectivity index (χ1) is 11.4. The number of anilines is 1. The zero-order chi connectivity index (χ0) is 17.2. The molecule has 1 aliphatic rings. The van der Waals surface area contributed by atoms with Crippen LogP contribution in [0.2, 0.25) is 0 Å². The predicted molar refractivity (Wildman–Crippen MR) is 90.1 cm³/mol. The normalized spacial score (nSPS) is 15.4. The second kappa shape index (κ2) is 6.60. The highest BCUT2D eigenvalue weighted by Crippen LogP contribution is 2.20. The van der Waals surface area contributed by atoms with Crippen LogP contribution >= 0.6 is 0 Å². The molecular weight excluding hydrogens is 308 g/mol. The number of ether oxygens (including phenoxy) is 2. The summed E-state index contributed by atoms with van der Waals surface area (Å²) >= 11 is 0. The number of carbonyl (C=O) groups excluding carboxylic acids is 1. The van der Waals surface area contributed by atoms with Crippen LogP contribution in [0, 0.1) is 0 Å². The average Bonchev–Trinajstić information content (AvgIpc) is 3.04. The summed E-state index contributed by atoms with van der Waals surface area (Å²) in [6.45, 7) is 8.55. The molecule has 0 aliphatic carbocycles. The van der Waals surface area contributed by atoms with Crippen molar-refractivity contribution in [1.29, 1.82) is 0 Å². The standard InChI is InChI=1S/C17H22N4O3/c1-17(2,3)24-16(22)21-7-5-13(12-21)15-18-6-4-14(19-15)20-8-10-23-11-9-20/h4-7,12H,8-11H2,1-3H3. The molecule has 3 rings (SSSR count). The van der Waals surface area contributed by atoms with E-state index in [-0.39, 0.29) is 0 Å². The lowest BCUT2D eigenvalue weighted by atomic mass is 10.2. The molecule has 24 heavy (non-hydrogen) atoms. The number of hydrogen-bond donors (Lipinski definition) is 0. The Balaban J connectivity index is 1.78. The Morgan fingerprint density at radius 1 is 1.25 bits per heavy atom. The summed E-state index contributed by atoms with van der Waals surface area (Å²) in [6, 6.07) is 3.70. The molecule has 2 aromatic rings. The molecule has 1 fully saturated rings. The lowest BCUT2D eigenvalue weighted by Crippen LogP contribution is -2.36. The predicted octanol–water partition coefficient (Wildman–Crippen LogP) is 2.56. The Bertz CT molecular complexity index is 715. The Labute approximate surface area is 141 Å². The first kappa shape index (κ1) is 16.4. The minimum absolute atomic E-state index is 0.418. The van der Waals surface area contributed by atoms with Crippen LogP contribution in [-0.2, 0) is 9.47 Å². The van der Waals surface area contributed by atoms with Gasteiger partial charge in [-0.1, -0.05) is 0 Å². The highest BCUT2D eigenvalue weighted by Gasteiger charge is 2.19. The maximum Gasteiger partial charge on any atom is 0.418 e. The molecule has 128 valence electrons. The van der Waals surface area contributed by atoms with Crippen molar-refractivity contribution in [2.45, 2.75) is 26.4 Å². The maximum atomic E-state index is 12.1. The van der Waals surface area contributed by atoms with E-state index >= 15 is 0 Å². The summed E-state index contributed by atoms with van der Waals surface area (Å²) in [4.78, 5) is 23.2. The van der Waals surface area contributed by atoms with Gasteiger partial charge in [-0.05, 0) is 32.9 Å². The van der Waals surface area contributed by atoms with E-state index in [1.807, 2.05) is 32.9 Å². The number of nitrogens with zero attached hydrogens (tertiary/aromatic N) is 4. The van der Waals surface area contributed by atoms with Gasteiger partial charge in [0.05, 0.1) is 13.2 Å². The first-order valence-electron chi connectivity index (χ1n) is 8.00. The fourth-order valence-electron chi connectivity index (χ4n) is 2.41. The Morgan fingerprint density at radius 2 is 2.00 bits per heavy atom. The van der Waals surface area contributed by atoms with Crippen LogP contribution in [0.15, 0.2) is 30.7 Å². The van der Waals surface area contributed by atoms with E-state index in [0.717, 1.165) is 24.5 Å². The van der Waals surface area contributed by atoms with Crippen molar-refractivity contribution in [1.82, 2.24) is 14.5 Å². The Hall–Kier alpha value is -2.41. The molecule has 1 saturated heterocycles. The summed E-state index contributed by atoms with van der Waals surface area (Å²) < 4.78 is 12.1. The third kappa shape index (κ3) is 3.91. The van der Waals surface area contributed by atoms with Crippen molar-refractivity contribution >= 4 is 11.9 Å². The lowest BCUT2D eigenvalue weighted by molar-refractivity contribution is 0.0537. The fourth-order valence-corrected chi connectivity index (χ4v) is 2.41. The van der Waals surface area contributed by atoms with Crippen LogP contribution in [0.3, 0.4) is 0 Å². The molecule has 0 saturated carbocycles. The number of hydrogen-bond acceptors (Lipinski definition) is 6. The monoisotopic (exact) mass is 330 g/mol. The molecule has 0 aromatic carbocycles. The second-order valence-corrected chi connectivity index (χ2v) is 6.63. The van der Waals surface area contributed by atoms with Gasteiger partial charge in [0.15, 0.2) is 5.82 Å². The number of carbonyl (C=O) groups is 1. The number of aromatic nitrogens is 3. The Morgan fingerprint density at radius 3 is 2.71 bits per heavy atom. The van der Waals surface area contributed by atoms with E-state index in [2.05, 4.69) is 14.9 Å². The molecule has 0 spiro atoms. The summed E-state index contributed by atoms with van der Waals surface area (Å²) in [6.07, 6.45) is 4.66. The van der Waals surface area contributed by atoms with Crippen molar-refractivity contribution < 1.29 is 14.3 Å². The van der Waals surface area contributed by atoms with Gasteiger partial charge >= 0.3 is 6.09 Å². The number of rotatable bonds is 2. The molecule has 0 unspecified atom stereocenters. The van der Waals surface area contributed by atoms with E-state index in [0.29, 0.717) is 19.0 Å². The first-order valence-corrected chi connectivity index (χ1v) is 8.00. The van der Waals surface area contributed by atoms with Crippen LogP contribution in [-0.4, -0.2) is 52.5 Å². The highest BCUT2D eigenvalue weighted by atomic mass is 16.6. The van der Waals surface area contributed by atoms with E-state index in [1.54, 1.807) is 18.6 Å². The lowest BCUT2D eigenvalue weighted by Gasteiger charge is -2.27. The third-order valence-corrected chi connectivity index (χ3v) is 3.53. The molecule has 1 aliphatic heterocycles. The van der Waals surface area contributed by atoms with Crippen molar-refractivity contribution in [3.05, 3.63) is 30.7 Å². The van der Waals surface area contributed by atoms with E-state index in [1.165, 1.54) is 4.57 Å². The van der Waals surface area contributed by atoms with Crippen LogP contribution < -0.4 is 4.90 Å². The van der Waals surface area contributed by atoms with Gasteiger partial charge in [0.25, 0.3) is 0 Å². The average molecular weight is 330 g/mol. The Kier molecular flexibility index (Phi) is 4.53. The highest BCUT2D eigenvalue weighted by molar-refractivity contribution is 5.73. The fraction of sp³-hybridized carbons (Fsp3) is 0.471. The summed E-state index contributed by atoms with van der Waals surface area (Å²) in [5.41, 5.74) is 0.241. The van der Waals surface area contributed by atoms with Crippen LogP contribution in [0.5, 0.6) is 0 Å². The van der Waals surface area contributed by atoms with Crippen LogP contribution in [0.1, 0.15) is 20.8 Å². The third-order valence-electron chi connectivity index (χ3n) is 3.53. The summed E-state index contributed by atoms with van der Waals surface area (Å²) in [7, 11) is 0. The molecule has 0 radical (unpaired) electrons. The molecule has 0 N–H and O–H groups in total. The molecule has 0 bridgehead atoms. The minimum atomic E-state index is -0.533. The second-order valence-electron chi connectivity index (χ2n) is 6.63. The van der Waals surface area contributed by atoms with E-state index in [4.69, 9.17) is 9.47 Å². The molecule has 0 amide bonds. The summed E-state index contributed by atoms with van der Waals surface area (Å²) in [5.74, 6) is 1.45. The van der Waals surface area contributed by atoms with Gasteiger partial charge in [0.2, 0.25) is 0 Å². The van der Waals surface area contributed by atoms with Crippen LogP contribution in [0.25, 0.3) is 11.4 Å². The van der Waals surface area contributed by atoms with Crippen molar-refractivity contribution in [3.8, 4) is 11.4 Å². The smallest absolute Gasteiger partial charge is 0.418 e. The zero-order valence-electron chi connectivity index (χ0n) is 14.2. The van der Waals surface area contributed by atoms with Gasteiger partial charge in [-0.3, -0.25) is 4.57 Å². The van der Waals surface area contributed by atoms with Gasteiger partial charge < -0.3 is 14.4 Å². The van der Waals surface area contributed by atoms with Gasteiger partial charge in [0, 0.05) is 37.2 Å². The zero-order valence-corrected chi connectivity index (χ0v) is 14.2. The largest absolute Gasteiger partial charge is 0.443 e. The molecular formula is C17H22N4O3. The molecule has 2 aromatic heterocycles. The van der Waals surface area contributed by atoms with Gasteiger partial charge in [-0.25, -0.2) is 14.8 Å². The van der Waals surface area contributed by atoms with Gasteiger partial charge in [0.1, 0.15) is 11.4 Å². The van der Waals surface area contributed by atoms with Gasteiger partial charge in [-0.15, -0.1) is 0 Å². The molecule has 7 heteroatoms. The van der Waals surface area contributed by atoms with Crippen molar-refractivity contribution in [2.75, 3.05) is 31.2 Å². The maximum absolute atomic E-state index is 12.1. The molecule has 0 atom stereocenters. The topological polar surface area (TPSA) is 69.5 Å². The van der Waals surface area contributed by atoms with Crippen LogP contribution in [0.4, 0.5) is 10.6 Å². The molecule has 3 heterocycles. The van der Waals surface area contributed by atoms with E-state index in [9.17, 15) is 4.79 Å².